The lowest BCUT2D eigenvalue weighted by Crippen LogP contribution is -2.32. The quantitative estimate of drug-likeness (QED) is 0.697. The first-order chi connectivity index (χ1) is 14.1. The molecule has 1 aliphatic carbocycles. The fourth-order valence-electron chi connectivity index (χ4n) is 4.16. The summed E-state index contributed by atoms with van der Waals surface area (Å²) in [5.74, 6) is -1.11. The van der Waals surface area contributed by atoms with E-state index in [1.54, 1.807) is 24.3 Å². The van der Waals surface area contributed by atoms with Gasteiger partial charge >= 0.3 is 0 Å². The van der Waals surface area contributed by atoms with E-state index < -0.39 is 17.1 Å². The molecule has 0 bridgehead atoms. The third-order valence-corrected chi connectivity index (χ3v) is 5.61. The number of rotatable bonds is 5. The van der Waals surface area contributed by atoms with Crippen LogP contribution < -0.4 is 10.7 Å². The molecule has 2 N–H and O–H groups in total. The number of hydrogen-bond acceptors (Lipinski definition) is 4. The highest BCUT2D eigenvalue weighted by molar-refractivity contribution is 6.02. The molecule has 6 heteroatoms. The monoisotopic (exact) mass is 389 g/mol. The first-order valence-corrected chi connectivity index (χ1v) is 9.80. The van der Waals surface area contributed by atoms with Crippen LogP contribution in [0.25, 0.3) is 0 Å². The molecule has 1 saturated carbocycles. The Kier molecular flexibility index (Phi) is 5.16. The molecule has 0 saturated heterocycles. The average molecular weight is 389 g/mol. The van der Waals surface area contributed by atoms with Gasteiger partial charge in [-0.05, 0) is 30.5 Å². The topological polar surface area (TPSA) is 84.2 Å². The summed E-state index contributed by atoms with van der Waals surface area (Å²) in [6, 6.07) is 19.1. The van der Waals surface area contributed by atoms with Crippen LogP contribution in [0, 0.1) is 0 Å². The molecular formula is C23H23N3O3. The number of nitrogens with zero attached hydrogens (tertiary/aromatic N) is 2. The van der Waals surface area contributed by atoms with E-state index in [4.69, 9.17) is 0 Å². The van der Waals surface area contributed by atoms with Crippen LogP contribution in [-0.4, -0.2) is 20.8 Å². The molecule has 1 heterocycles. The Morgan fingerprint density at radius 3 is 2.31 bits per heavy atom. The number of hydrogen-bond donors (Lipinski definition) is 2. The molecule has 0 atom stereocenters. The zero-order valence-electron chi connectivity index (χ0n) is 16.0. The number of amides is 1. The number of carbonyl (C=O) groups is 1. The summed E-state index contributed by atoms with van der Waals surface area (Å²) in [6.07, 6.45) is 5.55. The fraction of sp³-hybridized carbons (Fsp3) is 0.261. The van der Waals surface area contributed by atoms with Crippen LogP contribution >= 0.6 is 0 Å². The molecule has 0 aliphatic heterocycles. The SMILES string of the molecule is O=C(Nc1ccccc1)c1nn(CC2(c3ccccc3)CCCC2)cc(O)c1=O. The average Bonchev–Trinajstić information content (AvgIpc) is 3.21. The lowest BCUT2D eigenvalue weighted by Gasteiger charge is -2.30. The minimum atomic E-state index is -0.769. The maximum Gasteiger partial charge on any atom is 0.280 e. The zero-order valence-corrected chi connectivity index (χ0v) is 16.0. The van der Waals surface area contributed by atoms with Crippen molar-refractivity contribution in [3.8, 4) is 5.75 Å². The number of aromatic nitrogens is 2. The van der Waals surface area contributed by atoms with Gasteiger partial charge in [0, 0.05) is 11.1 Å². The van der Waals surface area contributed by atoms with E-state index in [1.807, 2.05) is 24.3 Å². The van der Waals surface area contributed by atoms with Gasteiger partial charge in [-0.1, -0.05) is 61.4 Å². The summed E-state index contributed by atoms with van der Waals surface area (Å²) in [4.78, 5) is 25.0. The van der Waals surface area contributed by atoms with Crippen LogP contribution in [0.1, 0.15) is 41.7 Å². The van der Waals surface area contributed by atoms with E-state index in [0.717, 1.165) is 25.7 Å². The zero-order chi connectivity index (χ0) is 20.3. The van der Waals surface area contributed by atoms with Gasteiger partial charge in [-0.15, -0.1) is 0 Å². The molecule has 1 amide bonds. The summed E-state index contributed by atoms with van der Waals surface area (Å²) in [7, 11) is 0. The minimum Gasteiger partial charge on any atom is -0.503 e. The maximum atomic E-state index is 12.6. The second-order valence-corrected chi connectivity index (χ2v) is 7.56. The Hall–Kier alpha value is -3.41. The highest BCUT2D eigenvalue weighted by Crippen LogP contribution is 2.42. The summed E-state index contributed by atoms with van der Waals surface area (Å²) < 4.78 is 1.54. The second kappa shape index (κ2) is 7.91. The normalized spacial score (nSPS) is 15.2. The van der Waals surface area contributed by atoms with Crippen molar-refractivity contribution in [1.82, 2.24) is 9.78 Å². The molecule has 29 heavy (non-hydrogen) atoms. The molecule has 1 aromatic heterocycles. The van der Waals surface area contributed by atoms with Crippen LogP contribution in [0.2, 0.25) is 0 Å². The van der Waals surface area contributed by atoms with Gasteiger partial charge in [0.1, 0.15) is 0 Å². The molecule has 3 aromatic rings. The Morgan fingerprint density at radius 1 is 1.03 bits per heavy atom. The second-order valence-electron chi connectivity index (χ2n) is 7.56. The largest absolute Gasteiger partial charge is 0.503 e. The Morgan fingerprint density at radius 2 is 1.66 bits per heavy atom. The summed E-state index contributed by atoms with van der Waals surface area (Å²) in [6.45, 7) is 0.496. The number of carbonyl (C=O) groups excluding carboxylic acids is 1. The van der Waals surface area contributed by atoms with Crippen LogP contribution in [0.4, 0.5) is 5.69 Å². The third kappa shape index (κ3) is 3.92. The Balaban J connectivity index is 1.66. The van der Waals surface area contributed by atoms with Crippen molar-refractivity contribution < 1.29 is 9.90 Å². The summed E-state index contributed by atoms with van der Waals surface area (Å²) >= 11 is 0. The van der Waals surface area contributed by atoms with Crippen LogP contribution in [0.5, 0.6) is 5.75 Å². The van der Waals surface area contributed by atoms with Gasteiger partial charge in [-0.25, -0.2) is 0 Å². The van der Waals surface area contributed by atoms with Crippen molar-refractivity contribution in [2.75, 3.05) is 5.32 Å². The van der Waals surface area contributed by atoms with Gasteiger partial charge in [-0.2, -0.15) is 5.10 Å². The summed E-state index contributed by atoms with van der Waals surface area (Å²) in [5, 5.41) is 17.1. The molecule has 4 rings (SSSR count). The predicted molar refractivity (Wildman–Crippen MR) is 111 cm³/mol. The van der Waals surface area contributed by atoms with Gasteiger partial charge in [0.15, 0.2) is 11.4 Å². The molecule has 0 radical (unpaired) electrons. The van der Waals surface area contributed by atoms with Crippen molar-refractivity contribution in [2.45, 2.75) is 37.6 Å². The highest BCUT2D eigenvalue weighted by atomic mass is 16.3. The number of anilines is 1. The highest BCUT2D eigenvalue weighted by Gasteiger charge is 2.36. The molecule has 2 aromatic carbocycles. The smallest absolute Gasteiger partial charge is 0.280 e. The number of para-hydroxylation sites is 1. The first kappa shape index (κ1) is 18.9. The predicted octanol–water partition coefficient (Wildman–Crippen LogP) is 3.71. The molecule has 0 unspecified atom stereocenters. The number of nitrogens with one attached hydrogen (secondary N) is 1. The van der Waals surface area contributed by atoms with E-state index >= 15 is 0 Å². The Bertz CT molecular complexity index is 1060. The lowest BCUT2D eigenvalue weighted by atomic mass is 9.79. The van der Waals surface area contributed by atoms with Crippen molar-refractivity contribution in [1.29, 1.82) is 0 Å². The van der Waals surface area contributed by atoms with E-state index in [0.29, 0.717) is 12.2 Å². The molecule has 148 valence electrons. The summed E-state index contributed by atoms with van der Waals surface area (Å²) in [5.41, 5.74) is 0.575. The van der Waals surface area contributed by atoms with E-state index in [1.165, 1.54) is 16.4 Å². The van der Waals surface area contributed by atoms with E-state index in [9.17, 15) is 14.7 Å². The maximum absolute atomic E-state index is 12.6. The first-order valence-electron chi connectivity index (χ1n) is 9.80. The van der Waals surface area contributed by atoms with Crippen LogP contribution in [0.3, 0.4) is 0 Å². The minimum absolute atomic E-state index is 0.122. The van der Waals surface area contributed by atoms with Gasteiger partial charge in [0.2, 0.25) is 0 Å². The number of benzene rings is 2. The van der Waals surface area contributed by atoms with Crippen LogP contribution in [0.15, 0.2) is 71.7 Å². The van der Waals surface area contributed by atoms with Crippen molar-refractivity contribution >= 4 is 11.6 Å². The van der Waals surface area contributed by atoms with E-state index in [2.05, 4.69) is 22.5 Å². The van der Waals surface area contributed by atoms with Crippen molar-refractivity contribution in [3.05, 3.63) is 88.3 Å². The van der Waals surface area contributed by atoms with Crippen LogP contribution in [-0.2, 0) is 12.0 Å². The van der Waals surface area contributed by atoms with Crippen molar-refractivity contribution in [2.24, 2.45) is 0 Å². The van der Waals surface area contributed by atoms with Gasteiger partial charge in [0.25, 0.3) is 11.3 Å². The standard InChI is InChI=1S/C23H23N3O3/c27-19-15-26(16-23(13-7-8-14-23)17-9-3-1-4-10-17)25-20(21(19)28)22(29)24-18-11-5-2-6-12-18/h1-6,9-12,15,27H,7-8,13-14,16H2,(H,24,29). The molecule has 0 spiro atoms. The van der Waals surface area contributed by atoms with Gasteiger partial charge in [0.05, 0.1) is 12.7 Å². The molecule has 1 fully saturated rings. The fourth-order valence-corrected chi connectivity index (χ4v) is 4.16. The third-order valence-electron chi connectivity index (χ3n) is 5.61. The van der Waals surface area contributed by atoms with Gasteiger partial charge in [-0.3, -0.25) is 14.3 Å². The molecule has 1 aliphatic rings. The van der Waals surface area contributed by atoms with E-state index in [-0.39, 0.29) is 11.1 Å². The van der Waals surface area contributed by atoms with Gasteiger partial charge < -0.3 is 10.4 Å². The Labute approximate surface area is 168 Å². The molecule has 6 nitrogen and oxygen atoms in total. The van der Waals surface area contributed by atoms with Crippen molar-refractivity contribution in [3.63, 3.8) is 0 Å². The lowest BCUT2D eigenvalue weighted by molar-refractivity contribution is 0.101. The number of aromatic hydroxyl groups is 1. The molecular weight excluding hydrogens is 366 g/mol.